The predicted molar refractivity (Wildman–Crippen MR) is 195 cm³/mol. The van der Waals surface area contributed by atoms with Crippen LogP contribution in [0.4, 0.5) is 0 Å². The molecule has 0 aromatic carbocycles. The van der Waals surface area contributed by atoms with Gasteiger partial charge in [-0.3, -0.25) is 4.79 Å². The summed E-state index contributed by atoms with van der Waals surface area (Å²) in [5.41, 5.74) is 0. The largest absolute Gasteiger partial charge is 0.457 e. The van der Waals surface area contributed by atoms with Crippen LogP contribution >= 0.6 is 0 Å². The van der Waals surface area contributed by atoms with Gasteiger partial charge in [0.2, 0.25) is 0 Å². The minimum Gasteiger partial charge on any atom is -0.457 e. The first kappa shape index (κ1) is 45.3. The molecule has 0 aromatic heterocycles. The van der Waals surface area contributed by atoms with Gasteiger partial charge >= 0.3 is 5.97 Å². The quantitative estimate of drug-likeness (QED) is 0.0401. The fourth-order valence-corrected chi connectivity index (χ4v) is 6.83. The van der Waals surface area contributed by atoms with Crippen LogP contribution in [-0.4, -0.2) is 82.8 Å². The highest BCUT2D eigenvalue weighted by Gasteiger charge is 2.52. The third-order valence-electron chi connectivity index (χ3n) is 10.2. The number of hydrogen-bond acceptors (Lipinski definition) is 8. The van der Waals surface area contributed by atoms with Gasteiger partial charge in [-0.15, -0.1) is 0 Å². The van der Waals surface area contributed by atoms with Crippen molar-refractivity contribution in [3.8, 4) is 0 Å². The molecule has 0 spiro atoms. The van der Waals surface area contributed by atoms with E-state index in [-0.39, 0.29) is 19.6 Å². The van der Waals surface area contributed by atoms with Gasteiger partial charge in [-0.05, 0) is 24.7 Å². The number of esters is 1. The summed E-state index contributed by atoms with van der Waals surface area (Å²) in [6.45, 7) is 9.73. The Labute approximate surface area is 295 Å². The maximum Gasteiger partial charge on any atom is 0.306 e. The van der Waals surface area contributed by atoms with Gasteiger partial charge < -0.3 is 34.6 Å². The molecule has 1 saturated carbocycles. The third kappa shape index (κ3) is 22.1. The zero-order valence-electron chi connectivity index (χ0n) is 31.6. The Bertz CT molecular complexity index is 736. The van der Waals surface area contributed by atoms with Crippen LogP contribution in [0.1, 0.15) is 182 Å². The monoisotopic (exact) mass is 687 g/mol. The molecule has 0 aromatic rings. The summed E-state index contributed by atoms with van der Waals surface area (Å²) in [5, 5.41) is 41.4. The average Bonchev–Trinajstić information content (AvgIpc) is 3.26. The van der Waals surface area contributed by atoms with Gasteiger partial charge in [-0.25, -0.2) is 0 Å². The van der Waals surface area contributed by atoms with Gasteiger partial charge in [0, 0.05) is 13.0 Å². The number of carbonyl (C=O) groups is 1. The van der Waals surface area contributed by atoms with Gasteiger partial charge in [0.25, 0.3) is 0 Å². The van der Waals surface area contributed by atoms with Crippen molar-refractivity contribution < 1.29 is 39.4 Å². The normalized spacial score (nSPS) is 23.0. The Kier molecular flexibility index (Phi) is 28.2. The van der Waals surface area contributed by atoms with Gasteiger partial charge in [0.15, 0.2) is 6.10 Å². The molecule has 8 nitrogen and oxygen atoms in total. The molecule has 1 fully saturated rings. The van der Waals surface area contributed by atoms with E-state index in [0.29, 0.717) is 13.0 Å². The van der Waals surface area contributed by atoms with Crippen LogP contribution in [-0.2, 0) is 19.0 Å². The maximum atomic E-state index is 12.5. The molecular weight excluding hydrogens is 608 g/mol. The van der Waals surface area contributed by atoms with Crippen molar-refractivity contribution in [2.75, 3.05) is 19.8 Å². The predicted octanol–water partition coefficient (Wildman–Crippen LogP) is 8.43. The Hall–Kier alpha value is -0.770. The van der Waals surface area contributed by atoms with Crippen molar-refractivity contribution in [3.63, 3.8) is 0 Å². The molecule has 1 aliphatic carbocycles. The molecule has 0 amide bonds. The van der Waals surface area contributed by atoms with E-state index in [0.717, 1.165) is 43.9 Å². The minimum atomic E-state index is -1.49. The highest BCUT2D eigenvalue weighted by Crippen LogP contribution is 2.28. The summed E-state index contributed by atoms with van der Waals surface area (Å²) >= 11 is 0. The smallest absolute Gasteiger partial charge is 0.306 e. The summed E-state index contributed by atoms with van der Waals surface area (Å²) in [7, 11) is 0. The summed E-state index contributed by atoms with van der Waals surface area (Å²) < 4.78 is 16.8. The molecule has 2 unspecified atom stereocenters. The van der Waals surface area contributed by atoms with E-state index in [9.17, 15) is 25.2 Å². The molecule has 0 bridgehead atoms. The number of rotatable bonds is 33. The van der Waals surface area contributed by atoms with Gasteiger partial charge in [-0.1, -0.05) is 163 Å². The van der Waals surface area contributed by atoms with Crippen molar-refractivity contribution >= 4 is 5.97 Å². The molecule has 8 atom stereocenters. The standard InChI is InChI=1S/C40H78O8/c1-5-7-9-19-25-33(4)27-20-14-11-10-12-17-23-29-46-30-34(41)31-47-39-37(44)36(43)38(45)40(39)48-35(42)28-22-16-13-15-21-26-32(3)24-18-8-6-2/h32-34,36-41,43-45H,5-31H2,1-4H3/t32?,33?,34-,36-,37-,38+,39+,40-/m0/s1. The second-order valence-corrected chi connectivity index (χ2v) is 15.1. The zero-order chi connectivity index (χ0) is 35.4. The highest BCUT2D eigenvalue weighted by atomic mass is 16.6. The summed E-state index contributed by atoms with van der Waals surface area (Å²) in [4.78, 5) is 12.5. The van der Waals surface area contributed by atoms with Crippen LogP contribution in [0, 0.1) is 11.8 Å². The van der Waals surface area contributed by atoms with Crippen molar-refractivity contribution in [2.45, 2.75) is 218 Å². The lowest BCUT2D eigenvalue weighted by Gasteiger charge is -2.24. The van der Waals surface area contributed by atoms with E-state index in [1.807, 2.05) is 0 Å². The molecule has 4 N–H and O–H groups in total. The van der Waals surface area contributed by atoms with Crippen molar-refractivity contribution in [1.29, 1.82) is 0 Å². The van der Waals surface area contributed by atoms with Gasteiger partial charge in [0.05, 0.1) is 13.2 Å². The van der Waals surface area contributed by atoms with Crippen molar-refractivity contribution in [2.24, 2.45) is 11.8 Å². The molecule has 0 radical (unpaired) electrons. The summed E-state index contributed by atoms with van der Waals surface area (Å²) in [5.74, 6) is 1.16. The van der Waals surface area contributed by atoms with Crippen LogP contribution in [0.15, 0.2) is 0 Å². The molecule has 1 aliphatic rings. The minimum absolute atomic E-state index is 0.0901. The molecule has 1 rings (SSSR count). The number of unbranched alkanes of at least 4 members (excludes halogenated alkanes) is 15. The Balaban J connectivity index is 2.12. The fourth-order valence-electron chi connectivity index (χ4n) is 6.83. The number of ether oxygens (including phenoxy) is 3. The van der Waals surface area contributed by atoms with Crippen LogP contribution < -0.4 is 0 Å². The van der Waals surface area contributed by atoms with E-state index in [1.165, 1.54) is 109 Å². The molecule has 8 heteroatoms. The van der Waals surface area contributed by atoms with E-state index in [2.05, 4.69) is 27.7 Å². The Morgan fingerprint density at radius 2 is 1.00 bits per heavy atom. The zero-order valence-corrected chi connectivity index (χ0v) is 31.6. The van der Waals surface area contributed by atoms with Gasteiger partial charge in [0.1, 0.15) is 30.5 Å². The number of carbonyl (C=O) groups excluding carboxylic acids is 1. The lowest BCUT2D eigenvalue weighted by molar-refractivity contribution is -0.168. The lowest BCUT2D eigenvalue weighted by atomic mass is 9.96. The molecular formula is C40H78O8. The van der Waals surface area contributed by atoms with E-state index in [4.69, 9.17) is 14.2 Å². The van der Waals surface area contributed by atoms with E-state index in [1.54, 1.807) is 0 Å². The third-order valence-corrected chi connectivity index (χ3v) is 10.2. The fraction of sp³-hybridized carbons (Fsp3) is 0.975. The molecule has 48 heavy (non-hydrogen) atoms. The summed E-state index contributed by atoms with van der Waals surface area (Å²) in [6.07, 6.45) is 20.8. The number of aliphatic hydroxyl groups is 4. The second kappa shape index (κ2) is 29.9. The SMILES string of the molecule is CCCCCCC(C)CCCCCCCCCOC[C@H](O)CO[C@@H]1[C@@H](O)[C@H](O)[C@@H](O)[C@@H]1OC(=O)CCCCCCCC(C)CCCCC. The topological polar surface area (TPSA) is 126 Å². The van der Waals surface area contributed by atoms with Crippen LogP contribution in [0.3, 0.4) is 0 Å². The second-order valence-electron chi connectivity index (χ2n) is 15.1. The first-order valence-corrected chi connectivity index (χ1v) is 20.3. The Morgan fingerprint density at radius 3 is 1.56 bits per heavy atom. The first-order valence-electron chi connectivity index (χ1n) is 20.3. The van der Waals surface area contributed by atoms with Crippen LogP contribution in [0.5, 0.6) is 0 Å². The number of aliphatic hydroxyl groups excluding tert-OH is 4. The molecule has 0 heterocycles. The van der Waals surface area contributed by atoms with E-state index < -0.39 is 42.6 Å². The molecule has 0 aliphatic heterocycles. The average molecular weight is 687 g/mol. The first-order chi connectivity index (χ1) is 23.2. The van der Waals surface area contributed by atoms with Gasteiger partial charge in [-0.2, -0.15) is 0 Å². The van der Waals surface area contributed by atoms with E-state index >= 15 is 0 Å². The lowest BCUT2D eigenvalue weighted by Crippen LogP contribution is -2.41. The van der Waals surface area contributed by atoms with Crippen molar-refractivity contribution in [3.05, 3.63) is 0 Å². The molecule has 0 saturated heterocycles. The Morgan fingerprint density at radius 1 is 0.562 bits per heavy atom. The van der Waals surface area contributed by atoms with Crippen molar-refractivity contribution in [1.82, 2.24) is 0 Å². The van der Waals surface area contributed by atoms with Crippen LogP contribution in [0.25, 0.3) is 0 Å². The van der Waals surface area contributed by atoms with Crippen LogP contribution in [0.2, 0.25) is 0 Å². The highest BCUT2D eigenvalue weighted by molar-refractivity contribution is 5.69. The molecule has 286 valence electrons. The number of hydrogen-bond donors (Lipinski definition) is 4. The maximum absolute atomic E-state index is 12.5. The summed E-state index contributed by atoms with van der Waals surface area (Å²) in [6, 6.07) is 0.